The van der Waals surface area contributed by atoms with Gasteiger partial charge < -0.3 is 20.5 Å². The van der Waals surface area contributed by atoms with Gasteiger partial charge in [-0.15, -0.1) is 0 Å². The molecular weight excluding hydrogens is 260 g/mol. The van der Waals surface area contributed by atoms with Crippen LogP contribution < -0.4 is 10.6 Å². The van der Waals surface area contributed by atoms with Crippen LogP contribution in [0.4, 0.5) is 0 Å². The summed E-state index contributed by atoms with van der Waals surface area (Å²) in [5, 5.41) is 14.9. The number of carboxylic acids is 1. The first kappa shape index (κ1) is 16.9. The van der Waals surface area contributed by atoms with E-state index in [1.807, 2.05) is 0 Å². The van der Waals surface area contributed by atoms with Crippen molar-refractivity contribution in [2.45, 2.75) is 45.1 Å². The molecule has 0 radical (unpaired) electrons. The van der Waals surface area contributed by atoms with Crippen molar-refractivity contribution in [3.63, 3.8) is 0 Å². The zero-order chi connectivity index (χ0) is 15.0. The second kappa shape index (κ2) is 8.21. The molecule has 0 aromatic heterocycles. The summed E-state index contributed by atoms with van der Waals surface area (Å²) in [5.41, 5.74) is -0.353. The van der Waals surface area contributed by atoms with E-state index >= 15 is 0 Å². The first-order valence-corrected chi connectivity index (χ1v) is 7.27. The molecule has 1 amide bonds. The van der Waals surface area contributed by atoms with Crippen LogP contribution in [0.1, 0.15) is 39.0 Å². The van der Waals surface area contributed by atoms with Gasteiger partial charge in [-0.1, -0.05) is 13.3 Å². The zero-order valence-electron chi connectivity index (χ0n) is 12.4. The summed E-state index contributed by atoms with van der Waals surface area (Å²) in [6.07, 6.45) is 3.11. The molecule has 2 atom stereocenters. The van der Waals surface area contributed by atoms with Crippen LogP contribution in [-0.4, -0.2) is 49.8 Å². The number of piperidine rings is 1. The van der Waals surface area contributed by atoms with Crippen LogP contribution in [0.15, 0.2) is 0 Å². The second-order valence-electron chi connectivity index (χ2n) is 5.48. The molecule has 6 heteroatoms. The molecule has 0 aliphatic carbocycles. The smallest absolute Gasteiger partial charge is 0.306 e. The number of nitrogens with one attached hydrogen (secondary N) is 2. The standard InChI is InChI=1S/C14H26N2O4/c1-3-5-14(6-4-7-15-10-14)13(19)16-9-11(20-2)8-12(17)18/h11,15H,3-10H2,1-2H3,(H,16,19)(H,17,18). The van der Waals surface area contributed by atoms with Crippen molar-refractivity contribution in [2.24, 2.45) is 5.41 Å². The molecule has 1 aliphatic heterocycles. The quantitative estimate of drug-likeness (QED) is 0.613. The molecule has 1 saturated heterocycles. The van der Waals surface area contributed by atoms with E-state index in [4.69, 9.17) is 9.84 Å². The van der Waals surface area contributed by atoms with E-state index in [1.165, 1.54) is 7.11 Å². The van der Waals surface area contributed by atoms with E-state index in [2.05, 4.69) is 17.6 Å². The van der Waals surface area contributed by atoms with Gasteiger partial charge in [-0.3, -0.25) is 9.59 Å². The summed E-state index contributed by atoms with van der Waals surface area (Å²) in [6.45, 7) is 3.97. The summed E-state index contributed by atoms with van der Waals surface area (Å²) in [5.74, 6) is -0.910. The summed E-state index contributed by atoms with van der Waals surface area (Å²) in [7, 11) is 1.46. The van der Waals surface area contributed by atoms with Crippen molar-refractivity contribution in [1.29, 1.82) is 0 Å². The minimum Gasteiger partial charge on any atom is -0.481 e. The predicted octanol–water partition coefficient (Wildman–Crippen LogP) is 0.762. The SMILES string of the molecule is CCCC1(C(=O)NCC(CC(=O)O)OC)CCCNC1. The van der Waals surface area contributed by atoms with Gasteiger partial charge in [-0.05, 0) is 25.8 Å². The van der Waals surface area contributed by atoms with Gasteiger partial charge in [-0.25, -0.2) is 0 Å². The number of rotatable bonds is 8. The maximum absolute atomic E-state index is 12.5. The number of amides is 1. The van der Waals surface area contributed by atoms with Crippen molar-refractivity contribution in [3.8, 4) is 0 Å². The highest BCUT2D eigenvalue weighted by Gasteiger charge is 2.38. The van der Waals surface area contributed by atoms with Crippen LogP contribution in [0.2, 0.25) is 0 Å². The first-order chi connectivity index (χ1) is 9.54. The van der Waals surface area contributed by atoms with Gasteiger partial charge in [0.05, 0.1) is 17.9 Å². The average molecular weight is 286 g/mol. The fourth-order valence-corrected chi connectivity index (χ4v) is 2.79. The molecule has 0 spiro atoms. The van der Waals surface area contributed by atoms with Gasteiger partial charge in [-0.2, -0.15) is 0 Å². The molecule has 1 heterocycles. The van der Waals surface area contributed by atoms with E-state index in [-0.39, 0.29) is 24.3 Å². The number of carbonyl (C=O) groups is 2. The van der Waals surface area contributed by atoms with Crippen molar-refractivity contribution in [1.82, 2.24) is 10.6 Å². The van der Waals surface area contributed by atoms with E-state index in [0.717, 1.165) is 32.2 Å². The molecule has 0 bridgehead atoms. The Hall–Kier alpha value is -1.14. The molecular formula is C14H26N2O4. The minimum absolute atomic E-state index is 0.0130. The summed E-state index contributed by atoms with van der Waals surface area (Å²) < 4.78 is 5.08. The fraction of sp³-hybridized carbons (Fsp3) is 0.857. The predicted molar refractivity (Wildman–Crippen MR) is 75.5 cm³/mol. The highest BCUT2D eigenvalue weighted by molar-refractivity contribution is 5.83. The van der Waals surface area contributed by atoms with E-state index in [0.29, 0.717) is 6.54 Å². The molecule has 1 fully saturated rings. The Kier molecular flexibility index (Phi) is 6.95. The Balaban J connectivity index is 2.55. The number of methoxy groups -OCH3 is 1. The third kappa shape index (κ3) is 4.76. The molecule has 116 valence electrons. The fourth-order valence-electron chi connectivity index (χ4n) is 2.79. The third-order valence-electron chi connectivity index (χ3n) is 3.91. The van der Waals surface area contributed by atoms with Crippen LogP contribution in [0.3, 0.4) is 0 Å². The lowest BCUT2D eigenvalue weighted by Crippen LogP contribution is -2.51. The van der Waals surface area contributed by atoms with Gasteiger partial charge >= 0.3 is 5.97 Å². The van der Waals surface area contributed by atoms with Crippen molar-refractivity contribution >= 4 is 11.9 Å². The normalized spacial score (nSPS) is 24.1. The second-order valence-corrected chi connectivity index (χ2v) is 5.48. The van der Waals surface area contributed by atoms with Gasteiger partial charge in [0.2, 0.25) is 5.91 Å². The topological polar surface area (TPSA) is 87.7 Å². The van der Waals surface area contributed by atoms with E-state index in [9.17, 15) is 9.59 Å². The van der Waals surface area contributed by atoms with Gasteiger partial charge in [0.1, 0.15) is 0 Å². The number of hydrogen-bond acceptors (Lipinski definition) is 4. The molecule has 0 aromatic carbocycles. The van der Waals surface area contributed by atoms with Crippen molar-refractivity contribution < 1.29 is 19.4 Å². The summed E-state index contributed by atoms with van der Waals surface area (Å²) >= 11 is 0. The van der Waals surface area contributed by atoms with Crippen LogP contribution in [0.25, 0.3) is 0 Å². The number of carboxylic acid groups (broad SMARTS) is 1. The maximum Gasteiger partial charge on any atom is 0.306 e. The lowest BCUT2D eigenvalue weighted by Gasteiger charge is -2.36. The molecule has 1 aliphatic rings. The van der Waals surface area contributed by atoms with Gasteiger partial charge in [0.15, 0.2) is 0 Å². The monoisotopic (exact) mass is 286 g/mol. The minimum atomic E-state index is -0.922. The van der Waals surface area contributed by atoms with Gasteiger partial charge in [0.25, 0.3) is 0 Å². The largest absolute Gasteiger partial charge is 0.481 e. The highest BCUT2D eigenvalue weighted by atomic mass is 16.5. The van der Waals surface area contributed by atoms with E-state index < -0.39 is 12.1 Å². The first-order valence-electron chi connectivity index (χ1n) is 7.27. The van der Waals surface area contributed by atoms with Crippen LogP contribution in [-0.2, 0) is 14.3 Å². The Labute approximate surface area is 120 Å². The zero-order valence-corrected chi connectivity index (χ0v) is 12.4. The molecule has 1 rings (SSSR count). The molecule has 3 N–H and O–H groups in total. The van der Waals surface area contributed by atoms with Gasteiger partial charge in [0, 0.05) is 20.2 Å². The lowest BCUT2D eigenvalue weighted by molar-refractivity contribution is -0.140. The van der Waals surface area contributed by atoms with Crippen LogP contribution >= 0.6 is 0 Å². The highest BCUT2D eigenvalue weighted by Crippen LogP contribution is 2.31. The third-order valence-corrected chi connectivity index (χ3v) is 3.91. The molecule has 0 aromatic rings. The molecule has 0 saturated carbocycles. The average Bonchev–Trinajstić information content (AvgIpc) is 2.44. The summed E-state index contributed by atoms with van der Waals surface area (Å²) in [4.78, 5) is 23.1. The molecule has 6 nitrogen and oxygen atoms in total. The summed E-state index contributed by atoms with van der Waals surface area (Å²) in [6, 6.07) is 0. The Morgan fingerprint density at radius 1 is 1.50 bits per heavy atom. The van der Waals surface area contributed by atoms with Crippen molar-refractivity contribution in [2.75, 3.05) is 26.7 Å². The number of aliphatic carboxylic acids is 1. The lowest BCUT2D eigenvalue weighted by atomic mass is 9.76. The van der Waals surface area contributed by atoms with Crippen LogP contribution in [0, 0.1) is 5.41 Å². The molecule has 2 unspecified atom stereocenters. The Morgan fingerprint density at radius 3 is 2.75 bits per heavy atom. The number of carbonyl (C=O) groups excluding carboxylic acids is 1. The van der Waals surface area contributed by atoms with E-state index in [1.54, 1.807) is 0 Å². The number of ether oxygens (including phenoxy) is 1. The molecule has 20 heavy (non-hydrogen) atoms. The number of hydrogen-bond donors (Lipinski definition) is 3. The maximum atomic E-state index is 12.5. The van der Waals surface area contributed by atoms with Crippen LogP contribution in [0.5, 0.6) is 0 Å². The van der Waals surface area contributed by atoms with Crippen molar-refractivity contribution in [3.05, 3.63) is 0 Å². The Bertz CT molecular complexity index is 322. The Morgan fingerprint density at radius 2 is 2.25 bits per heavy atom.